The summed E-state index contributed by atoms with van der Waals surface area (Å²) < 4.78 is 2.31. The van der Waals surface area contributed by atoms with Crippen molar-refractivity contribution in [3.63, 3.8) is 0 Å². The van der Waals surface area contributed by atoms with Crippen LogP contribution in [0.5, 0.6) is 0 Å². The van der Waals surface area contributed by atoms with Gasteiger partial charge in [-0.3, -0.25) is 4.57 Å². The predicted octanol–water partition coefficient (Wildman–Crippen LogP) is 13.6. The van der Waals surface area contributed by atoms with Gasteiger partial charge >= 0.3 is 0 Å². The van der Waals surface area contributed by atoms with E-state index in [0.717, 1.165) is 93.3 Å². The van der Waals surface area contributed by atoms with Crippen molar-refractivity contribution in [1.82, 2.24) is 29.5 Å². The van der Waals surface area contributed by atoms with Gasteiger partial charge in [0.1, 0.15) is 0 Å². The normalized spacial score (nSPS) is 11.6. The number of hydrogen-bond donors (Lipinski definition) is 0. The van der Waals surface area contributed by atoms with Gasteiger partial charge in [-0.1, -0.05) is 188 Å². The Kier molecular flexibility index (Phi) is 8.06. The fraction of sp³-hybridized carbons (Fsp3) is 0. The van der Waals surface area contributed by atoms with Gasteiger partial charge < -0.3 is 0 Å². The molecule has 6 heteroatoms. The average molecular weight is 779 g/mol. The van der Waals surface area contributed by atoms with E-state index < -0.39 is 0 Å². The van der Waals surface area contributed by atoms with E-state index in [1.807, 2.05) is 72.8 Å². The van der Waals surface area contributed by atoms with Crippen molar-refractivity contribution in [1.29, 1.82) is 0 Å². The number of aromatic nitrogens is 6. The first-order chi connectivity index (χ1) is 30.2. The van der Waals surface area contributed by atoms with Crippen LogP contribution in [0.2, 0.25) is 0 Å². The fourth-order valence-corrected chi connectivity index (χ4v) is 8.82. The van der Waals surface area contributed by atoms with Crippen LogP contribution in [0.4, 0.5) is 0 Å². The molecule has 12 aromatic rings. The van der Waals surface area contributed by atoms with E-state index in [4.69, 9.17) is 24.9 Å². The van der Waals surface area contributed by atoms with Crippen LogP contribution in [-0.4, -0.2) is 29.5 Å². The summed E-state index contributed by atoms with van der Waals surface area (Å²) in [7, 11) is 0. The van der Waals surface area contributed by atoms with E-state index in [1.165, 1.54) is 0 Å². The second-order valence-electron chi connectivity index (χ2n) is 15.3. The standard InChI is InChI=1S/C55H34N6/c1-4-18-36(19-5-1)49-45-29-14-15-30-47(45)56-55(57-49)61-50-43-28-13-10-17-35(43)31-32-44(50)46-34-39-24-11-12-27-42(39)48(51(46)61)40-25-16-26-41(33-40)54-59-52(37-20-6-2-7-21-37)58-53(60-54)38-22-8-3-9-23-38/h1-34H. The highest BCUT2D eigenvalue weighted by atomic mass is 15.2. The summed E-state index contributed by atoms with van der Waals surface area (Å²) >= 11 is 0. The van der Waals surface area contributed by atoms with Crippen molar-refractivity contribution in [2.45, 2.75) is 0 Å². The molecule has 0 spiro atoms. The molecule has 284 valence electrons. The number of rotatable bonds is 6. The SMILES string of the molecule is c1ccc(-c2nc(-c3ccccc3)nc(-c3cccc(-c4c5ccccc5cc5c6ccc7ccccc7c6n(-c6nc(-c7ccccc7)c7ccccc7n6)c45)c3)n2)cc1. The third-order valence-electron chi connectivity index (χ3n) is 11.6. The van der Waals surface area contributed by atoms with Crippen LogP contribution in [0.25, 0.3) is 117 Å². The lowest BCUT2D eigenvalue weighted by Crippen LogP contribution is -2.05. The maximum Gasteiger partial charge on any atom is 0.235 e. The highest BCUT2D eigenvalue weighted by molar-refractivity contribution is 6.25. The summed E-state index contributed by atoms with van der Waals surface area (Å²) in [6, 6.07) is 71.6. The molecule has 0 N–H and O–H groups in total. The first-order valence-corrected chi connectivity index (χ1v) is 20.4. The van der Waals surface area contributed by atoms with Crippen LogP contribution >= 0.6 is 0 Å². The lowest BCUT2D eigenvalue weighted by Gasteiger charge is -2.16. The maximum absolute atomic E-state index is 5.50. The molecule has 0 amide bonds. The quantitative estimate of drug-likeness (QED) is 0.168. The van der Waals surface area contributed by atoms with Crippen LogP contribution < -0.4 is 0 Å². The smallest absolute Gasteiger partial charge is 0.235 e. The summed E-state index contributed by atoms with van der Waals surface area (Å²) in [5, 5.41) is 7.80. The third kappa shape index (κ3) is 5.84. The zero-order valence-electron chi connectivity index (χ0n) is 32.8. The molecule has 3 aromatic heterocycles. The molecular weight excluding hydrogens is 745 g/mol. The number of para-hydroxylation sites is 1. The van der Waals surface area contributed by atoms with E-state index in [1.54, 1.807) is 0 Å². The highest BCUT2D eigenvalue weighted by Gasteiger charge is 2.24. The Balaban J connectivity index is 1.19. The summed E-state index contributed by atoms with van der Waals surface area (Å²) in [6.07, 6.45) is 0. The Hall–Kier alpha value is -8.35. The molecule has 0 atom stereocenters. The van der Waals surface area contributed by atoms with E-state index >= 15 is 0 Å². The van der Waals surface area contributed by atoms with E-state index in [-0.39, 0.29) is 0 Å². The first-order valence-electron chi connectivity index (χ1n) is 20.4. The van der Waals surface area contributed by atoms with Crippen LogP contribution in [0, 0.1) is 0 Å². The van der Waals surface area contributed by atoms with E-state index in [2.05, 4.69) is 138 Å². The van der Waals surface area contributed by atoms with Crippen LogP contribution in [0.3, 0.4) is 0 Å². The fourth-order valence-electron chi connectivity index (χ4n) is 8.82. The molecule has 0 saturated carbocycles. The molecule has 6 nitrogen and oxygen atoms in total. The minimum absolute atomic E-state index is 0.600. The summed E-state index contributed by atoms with van der Waals surface area (Å²) in [5.74, 6) is 2.45. The molecule has 0 aliphatic carbocycles. The number of hydrogen-bond acceptors (Lipinski definition) is 5. The Morgan fingerprint density at radius 3 is 1.54 bits per heavy atom. The van der Waals surface area contributed by atoms with E-state index in [0.29, 0.717) is 23.4 Å². The Morgan fingerprint density at radius 2 is 0.836 bits per heavy atom. The number of nitrogens with zero attached hydrogens (tertiary/aromatic N) is 6. The van der Waals surface area contributed by atoms with Gasteiger partial charge in [0.25, 0.3) is 0 Å². The summed E-state index contributed by atoms with van der Waals surface area (Å²) in [4.78, 5) is 26.1. The molecule has 0 saturated heterocycles. The van der Waals surface area contributed by atoms with Crippen LogP contribution in [-0.2, 0) is 0 Å². The largest absolute Gasteiger partial charge is 0.277 e. The van der Waals surface area contributed by atoms with Crippen LogP contribution in [0.1, 0.15) is 0 Å². The van der Waals surface area contributed by atoms with Crippen molar-refractivity contribution in [3.8, 4) is 62.5 Å². The zero-order valence-corrected chi connectivity index (χ0v) is 32.8. The molecule has 0 bridgehead atoms. The topological polar surface area (TPSA) is 69.4 Å². The maximum atomic E-state index is 5.50. The van der Waals surface area contributed by atoms with Gasteiger partial charge in [-0.25, -0.2) is 24.9 Å². The summed E-state index contributed by atoms with van der Waals surface area (Å²) in [5.41, 5.74) is 9.74. The zero-order chi connectivity index (χ0) is 40.3. The second kappa shape index (κ2) is 14.2. The van der Waals surface area contributed by atoms with Gasteiger partial charge in [0.15, 0.2) is 17.5 Å². The van der Waals surface area contributed by atoms with Gasteiger partial charge in [-0.05, 0) is 39.9 Å². The summed E-state index contributed by atoms with van der Waals surface area (Å²) in [6.45, 7) is 0. The van der Waals surface area contributed by atoms with Gasteiger partial charge in [0.05, 0.1) is 22.2 Å². The van der Waals surface area contributed by atoms with Gasteiger partial charge in [0.2, 0.25) is 5.95 Å². The average Bonchev–Trinajstić information content (AvgIpc) is 3.67. The van der Waals surface area contributed by atoms with Gasteiger partial charge in [-0.2, -0.15) is 0 Å². The lowest BCUT2D eigenvalue weighted by atomic mass is 9.93. The minimum Gasteiger partial charge on any atom is -0.277 e. The second-order valence-corrected chi connectivity index (χ2v) is 15.3. The molecule has 0 unspecified atom stereocenters. The Bertz CT molecular complexity index is 3580. The molecule has 0 aliphatic heterocycles. The Labute approximate surface area is 351 Å². The molecular formula is C55H34N6. The number of fused-ring (bicyclic) bond motifs is 7. The molecule has 0 aliphatic rings. The molecule has 61 heavy (non-hydrogen) atoms. The van der Waals surface area contributed by atoms with Crippen molar-refractivity contribution < 1.29 is 0 Å². The molecule has 0 radical (unpaired) electrons. The van der Waals surface area contributed by atoms with Crippen molar-refractivity contribution in [2.75, 3.05) is 0 Å². The van der Waals surface area contributed by atoms with E-state index in [9.17, 15) is 0 Å². The highest BCUT2D eigenvalue weighted by Crippen LogP contribution is 2.45. The van der Waals surface area contributed by atoms with Gasteiger partial charge in [-0.15, -0.1) is 0 Å². The van der Waals surface area contributed by atoms with Crippen molar-refractivity contribution in [3.05, 3.63) is 206 Å². The third-order valence-corrected chi connectivity index (χ3v) is 11.6. The van der Waals surface area contributed by atoms with Gasteiger partial charge in [0, 0.05) is 49.4 Å². The van der Waals surface area contributed by atoms with Crippen LogP contribution in [0.15, 0.2) is 206 Å². The van der Waals surface area contributed by atoms with Crippen molar-refractivity contribution in [2.24, 2.45) is 0 Å². The molecule has 3 heterocycles. The lowest BCUT2D eigenvalue weighted by molar-refractivity contribution is 1.02. The first kappa shape index (κ1) is 34.7. The van der Waals surface area contributed by atoms with Crippen molar-refractivity contribution >= 4 is 54.3 Å². The minimum atomic E-state index is 0.600. The monoisotopic (exact) mass is 778 g/mol. The predicted molar refractivity (Wildman–Crippen MR) is 249 cm³/mol. The number of benzene rings is 9. The molecule has 0 fully saturated rings. The molecule has 12 rings (SSSR count). The Morgan fingerprint density at radius 1 is 0.295 bits per heavy atom. The molecule has 9 aromatic carbocycles.